The number of aliphatic hydroxyl groups is 2. The van der Waals surface area contributed by atoms with Crippen molar-refractivity contribution in [2.75, 3.05) is 18.5 Å². The molecule has 2 aromatic rings. The van der Waals surface area contributed by atoms with Gasteiger partial charge < -0.3 is 19.7 Å². The van der Waals surface area contributed by atoms with Gasteiger partial charge in [0, 0.05) is 6.54 Å². The van der Waals surface area contributed by atoms with Crippen LogP contribution in [0.5, 0.6) is 5.75 Å². The maximum atomic E-state index is 12.3. The van der Waals surface area contributed by atoms with E-state index in [0.717, 1.165) is 18.2 Å². The Hall–Kier alpha value is -2.18. The lowest BCUT2D eigenvalue weighted by Crippen LogP contribution is -2.23. The molecule has 4 N–H and O–H groups in total. The number of benzene rings is 2. The lowest BCUT2D eigenvalue weighted by molar-refractivity contribution is 0.105. The van der Waals surface area contributed by atoms with Crippen molar-refractivity contribution < 1.29 is 35.8 Å². The van der Waals surface area contributed by atoms with Crippen molar-refractivity contribution in [1.82, 2.24) is 0 Å². The number of anilines is 1. The van der Waals surface area contributed by atoms with Crippen LogP contribution in [0.25, 0.3) is 0 Å². The molecule has 0 fully saturated rings. The van der Waals surface area contributed by atoms with Crippen LogP contribution in [0.2, 0.25) is 0 Å². The van der Waals surface area contributed by atoms with Gasteiger partial charge in [0.15, 0.2) is 5.75 Å². The smallest absolute Gasteiger partial charge is 0.339 e. The SMILES string of the molecule is O=S(=O)(O)c1ccc(OS(=O)(=O)c2ccccc2)c(NCC(O)CO)c1. The van der Waals surface area contributed by atoms with Crippen LogP contribution >= 0.6 is 0 Å². The number of hydrogen-bond donors (Lipinski definition) is 4. The van der Waals surface area contributed by atoms with Gasteiger partial charge in [0.25, 0.3) is 10.1 Å². The molecule has 0 aliphatic rings. The standard InChI is InChI=1S/C15H17NO8S2/c17-10-11(18)9-16-14-8-13(25(19,20)21)6-7-15(14)24-26(22,23)12-4-2-1-3-5-12/h1-8,11,16-18H,9-10H2,(H,19,20,21). The quantitative estimate of drug-likeness (QED) is 0.364. The molecular formula is C15H17NO8S2. The molecule has 0 heterocycles. The van der Waals surface area contributed by atoms with Crippen LogP contribution in [-0.4, -0.2) is 50.9 Å². The van der Waals surface area contributed by atoms with E-state index in [1.165, 1.54) is 24.3 Å². The minimum Gasteiger partial charge on any atom is -0.394 e. The molecular weight excluding hydrogens is 386 g/mol. The van der Waals surface area contributed by atoms with Crippen LogP contribution in [0.15, 0.2) is 58.3 Å². The Morgan fingerprint density at radius 1 is 1.00 bits per heavy atom. The Morgan fingerprint density at radius 2 is 1.65 bits per heavy atom. The van der Waals surface area contributed by atoms with E-state index in [0.29, 0.717) is 0 Å². The van der Waals surface area contributed by atoms with Gasteiger partial charge in [-0.1, -0.05) is 18.2 Å². The van der Waals surface area contributed by atoms with Gasteiger partial charge in [-0.05, 0) is 30.3 Å². The van der Waals surface area contributed by atoms with Crippen molar-refractivity contribution in [2.45, 2.75) is 15.9 Å². The van der Waals surface area contributed by atoms with E-state index in [4.69, 9.17) is 13.8 Å². The zero-order valence-corrected chi connectivity index (χ0v) is 14.9. The molecule has 0 spiro atoms. The number of hydrogen-bond acceptors (Lipinski definition) is 8. The molecule has 0 saturated carbocycles. The van der Waals surface area contributed by atoms with Gasteiger partial charge in [0.05, 0.1) is 23.3 Å². The van der Waals surface area contributed by atoms with Gasteiger partial charge in [-0.15, -0.1) is 0 Å². The summed E-state index contributed by atoms with van der Waals surface area (Å²) in [4.78, 5) is -0.608. The van der Waals surface area contributed by atoms with Gasteiger partial charge in [0.1, 0.15) is 4.90 Å². The number of aliphatic hydroxyl groups excluding tert-OH is 2. The summed E-state index contributed by atoms with van der Waals surface area (Å²) in [5.74, 6) is -0.244. The van der Waals surface area contributed by atoms with Gasteiger partial charge in [-0.3, -0.25) is 4.55 Å². The van der Waals surface area contributed by atoms with Crippen LogP contribution in [0.1, 0.15) is 0 Å². The van der Waals surface area contributed by atoms with E-state index in [-0.39, 0.29) is 22.9 Å². The molecule has 1 atom stereocenters. The van der Waals surface area contributed by atoms with Gasteiger partial charge in [0.2, 0.25) is 0 Å². The molecule has 0 aromatic heterocycles. The third kappa shape index (κ3) is 5.16. The molecule has 2 aromatic carbocycles. The molecule has 0 aliphatic carbocycles. The highest BCUT2D eigenvalue weighted by Crippen LogP contribution is 2.30. The van der Waals surface area contributed by atoms with Crippen LogP contribution in [-0.2, 0) is 20.2 Å². The molecule has 0 aliphatic heterocycles. The maximum absolute atomic E-state index is 12.3. The molecule has 0 radical (unpaired) electrons. The van der Waals surface area contributed by atoms with Crippen molar-refractivity contribution >= 4 is 25.9 Å². The zero-order valence-electron chi connectivity index (χ0n) is 13.3. The highest BCUT2D eigenvalue weighted by atomic mass is 32.2. The van der Waals surface area contributed by atoms with Crippen molar-refractivity contribution in [3.05, 3.63) is 48.5 Å². The summed E-state index contributed by atoms with van der Waals surface area (Å²) in [5.41, 5.74) is -0.105. The van der Waals surface area contributed by atoms with Crippen LogP contribution < -0.4 is 9.50 Å². The first kappa shape index (κ1) is 20.1. The summed E-state index contributed by atoms with van der Waals surface area (Å²) in [7, 11) is -8.73. The highest BCUT2D eigenvalue weighted by molar-refractivity contribution is 7.87. The van der Waals surface area contributed by atoms with E-state index < -0.39 is 37.8 Å². The number of rotatable bonds is 8. The zero-order chi connectivity index (χ0) is 19.4. The van der Waals surface area contributed by atoms with Crippen molar-refractivity contribution in [1.29, 1.82) is 0 Å². The Labute approximate surface area is 150 Å². The maximum Gasteiger partial charge on any atom is 0.339 e. The minimum atomic E-state index is -4.54. The van der Waals surface area contributed by atoms with E-state index in [9.17, 15) is 21.9 Å². The Bertz CT molecular complexity index is 958. The van der Waals surface area contributed by atoms with Crippen molar-refractivity contribution in [3.63, 3.8) is 0 Å². The van der Waals surface area contributed by atoms with Crippen molar-refractivity contribution in [3.8, 4) is 5.75 Å². The molecule has 2 rings (SSSR count). The average molecular weight is 403 g/mol. The van der Waals surface area contributed by atoms with Gasteiger partial charge in [-0.25, -0.2) is 0 Å². The first-order valence-corrected chi connectivity index (χ1v) is 10.1. The third-order valence-electron chi connectivity index (χ3n) is 3.22. The summed E-state index contributed by atoms with van der Waals surface area (Å²) >= 11 is 0. The van der Waals surface area contributed by atoms with Gasteiger partial charge in [-0.2, -0.15) is 16.8 Å². The predicted octanol–water partition coefficient (Wildman–Crippen LogP) is 0.466. The van der Waals surface area contributed by atoms with Crippen LogP contribution in [0.3, 0.4) is 0 Å². The van der Waals surface area contributed by atoms with Gasteiger partial charge >= 0.3 is 10.1 Å². The highest BCUT2D eigenvalue weighted by Gasteiger charge is 2.20. The summed E-state index contributed by atoms with van der Waals surface area (Å²) in [5, 5.41) is 20.8. The normalized spacial score (nSPS) is 13.2. The lowest BCUT2D eigenvalue weighted by atomic mass is 10.2. The van der Waals surface area contributed by atoms with Crippen LogP contribution in [0.4, 0.5) is 5.69 Å². The average Bonchev–Trinajstić information content (AvgIpc) is 2.60. The van der Waals surface area contributed by atoms with E-state index in [1.54, 1.807) is 6.07 Å². The molecule has 142 valence electrons. The van der Waals surface area contributed by atoms with Crippen LogP contribution in [0, 0.1) is 0 Å². The second kappa shape index (κ2) is 8.01. The second-order valence-corrected chi connectivity index (χ2v) is 8.17. The number of nitrogens with one attached hydrogen (secondary N) is 1. The summed E-state index contributed by atoms with van der Waals surface area (Å²) in [6.45, 7) is -0.781. The molecule has 1 unspecified atom stereocenters. The van der Waals surface area contributed by atoms with E-state index in [1.807, 2.05) is 0 Å². The monoisotopic (exact) mass is 403 g/mol. The third-order valence-corrected chi connectivity index (χ3v) is 5.32. The molecule has 26 heavy (non-hydrogen) atoms. The fraction of sp³-hybridized carbons (Fsp3) is 0.200. The molecule has 0 amide bonds. The van der Waals surface area contributed by atoms with E-state index >= 15 is 0 Å². The Kier molecular flexibility index (Phi) is 6.21. The largest absolute Gasteiger partial charge is 0.394 e. The second-order valence-electron chi connectivity index (χ2n) is 5.20. The first-order chi connectivity index (χ1) is 12.1. The lowest BCUT2D eigenvalue weighted by Gasteiger charge is -2.15. The van der Waals surface area contributed by atoms with E-state index in [2.05, 4.69) is 5.32 Å². The first-order valence-electron chi connectivity index (χ1n) is 7.27. The Balaban J connectivity index is 2.40. The predicted molar refractivity (Wildman–Crippen MR) is 92.1 cm³/mol. The Morgan fingerprint density at radius 3 is 2.23 bits per heavy atom. The summed E-state index contributed by atoms with van der Waals surface area (Å²) in [6.07, 6.45) is -1.18. The fourth-order valence-corrected chi connectivity index (χ4v) is 3.40. The molecule has 9 nitrogen and oxygen atoms in total. The molecule has 0 saturated heterocycles. The summed E-state index contributed by atoms with van der Waals surface area (Å²) in [6, 6.07) is 10.3. The minimum absolute atomic E-state index is 0.105. The van der Waals surface area contributed by atoms with Crippen molar-refractivity contribution in [2.24, 2.45) is 0 Å². The fourth-order valence-electron chi connectivity index (χ4n) is 1.93. The summed E-state index contributed by atoms with van der Waals surface area (Å²) < 4.78 is 61.4. The molecule has 11 heteroatoms. The molecule has 0 bridgehead atoms. The topological polar surface area (TPSA) is 150 Å².